The molecule has 1 aromatic heterocycles. The van der Waals surface area contributed by atoms with Crippen LogP contribution >= 0.6 is 0 Å². The van der Waals surface area contributed by atoms with Gasteiger partial charge in [0, 0.05) is 36.8 Å². The number of nitrogens with zero attached hydrogens (tertiary/aromatic N) is 1. The Bertz CT molecular complexity index is 478. The molecule has 0 amide bonds. The third kappa shape index (κ3) is 1.96. The van der Waals surface area contributed by atoms with Gasteiger partial charge in [0.1, 0.15) is 5.82 Å². The van der Waals surface area contributed by atoms with E-state index in [2.05, 4.69) is 15.5 Å². The average molecular weight is 231 g/mol. The maximum Gasteiger partial charge on any atom is 0.123 e. The van der Waals surface area contributed by atoms with Gasteiger partial charge in [0.15, 0.2) is 0 Å². The summed E-state index contributed by atoms with van der Waals surface area (Å²) in [6, 6.07) is 8.80. The fourth-order valence-electron chi connectivity index (χ4n) is 2.54. The molecule has 0 unspecified atom stereocenters. The molecule has 0 saturated carbocycles. The largest absolute Gasteiger partial charge is 0.315 e. The van der Waals surface area contributed by atoms with Crippen LogP contribution in [0.1, 0.15) is 23.1 Å². The predicted molar refractivity (Wildman–Crippen MR) is 63.3 cm³/mol. The Balaban J connectivity index is 1.89. The summed E-state index contributed by atoms with van der Waals surface area (Å²) in [4.78, 5) is 0. The van der Waals surface area contributed by atoms with Crippen molar-refractivity contribution in [2.24, 2.45) is 0 Å². The van der Waals surface area contributed by atoms with Crippen molar-refractivity contribution in [3.8, 4) is 0 Å². The molecule has 1 saturated heterocycles. The van der Waals surface area contributed by atoms with Crippen molar-refractivity contribution in [3.63, 3.8) is 0 Å². The number of halogens is 1. The number of aromatic amines is 1. The smallest absolute Gasteiger partial charge is 0.123 e. The molecule has 2 atom stereocenters. The summed E-state index contributed by atoms with van der Waals surface area (Å²) in [5.74, 6) is 0.594. The molecule has 0 bridgehead atoms. The number of H-pyrrole nitrogens is 1. The summed E-state index contributed by atoms with van der Waals surface area (Å²) < 4.78 is 12.9. The molecule has 2 N–H and O–H groups in total. The molecule has 3 nitrogen and oxygen atoms in total. The predicted octanol–water partition coefficient (Wildman–Crippen LogP) is 2.02. The Hall–Kier alpha value is -1.68. The van der Waals surface area contributed by atoms with Crippen LogP contribution in [-0.4, -0.2) is 23.3 Å². The fraction of sp³-hybridized carbons (Fsp3) is 0.308. The first-order valence-corrected chi connectivity index (χ1v) is 5.80. The Kier molecular flexibility index (Phi) is 2.65. The summed E-state index contributed by atoms with van der Waals surface area (Å²) >= 11 is 0. The van der Waals surface area contributed by atoms with Crippen molar-refractivity contribution < 1.29 is 4.39 Å². The highest BCUT2D eigenvalue weighted by atomic mass is 19.1. The Morgan fingerprint density at radius 1 is 1.06 bits per heavy atom. The van der Waals surface area contributed by atoms with Crippen LogP contribution < -0.4 is 5.32 Å². The highest BCUT2D eigenvalue weighted by molar-refractivity contribution is 5.28. The molecule has 2 aromatic rings. The van der Waals surface area contributed by atoms with Gasteiger partial charge < -0.3 is 5.32 Å². The molecule has 1 aliphatic rings. The SMILES string of the molecule is Fc1ccc([C@H]2CNC[C@H]2c2ccn[nH]2)cc1. The van der Waals surface area contributed by atoms with E-state index in [0.717, 1.165) is 18.8 Å². The number of rotatable bonds is 2. The van der Waals surface area contributed by atoms with Gasteiger partial charge in [0.05, 0.1) is 0 Å². The number of hydrogen-bond acceptors (Lipinski definition) is 2. The zero-order valence-electron chi connectivity index (χ0n) is 9.36. The lowest BCUT2D eigenvalue weighted by Crippen LogP contribution is -2.09. The normalized spacial score (nSPS) is 24.1. The van der Waals surface area contributed by atoms with Gasteiger partial charge in [0.25, 0.3) is 0 Å². The third-order valence-electron chi connectivity index (χ3n) is 3.43. The second-order valence-corrected chi connectivity index (χ2v) is 4.43. The zero-order valence-corrected chi connectivity index (χ0v) is 9.36. The van der Waals surface area contributed by atoms with Crippen molar-refractivity contribution in [3.05, 3.63) is 53.6 Å². The first-order chi connectivity index (χ1) is 8.34. The molecule has 17 heavy (non-hydrogen) atoms. The van der Waals surface area contributed by atoms with Crippen LogP contribution in [0.5, 0.6) is 0 Å². The van der Waals surface area contributed by atoms with E-state index >= 15 is 0 Å². The highest BCUT2D eigenvalue weighted by Crippen LogP contribution is 2.34. The summed E-state index contributed by atoms with van der Waals surface area (Å²) in [6.07, 6.45) is 1.77. The number of nitrogens with one attached hydrogen (secondary N) is 2. The topological polar surface area (TPSA) is 40.7 Å². The van der Waals surface area contributed by atoms with Gasteiger partial charge in [-0.15, -0.1) is 0 Å². The van der Waals surface area contributed by atoms with Crippen molar-refractivity contribution >= 4 is 0 Å². The van der Waals surface area contributed by atoms with E-state index in [0.29, 0.717) is 11.8 Å². The van der Waals surface area contributed by atoms with Crippen molar-refractivity contribution in [2.75, 3.05) is 13.1 Å². The summed E-state index contributed by atoms with van der Waals surface area (Å²) in [7, 11) is 0. The maximum absolute atomic E-state index is 12.9. The first-order valence-electron chi connectivity index (χ1n) is 5.80. The minimum atomic E-state index is -0.183. The molecular formula is C13H14FN3. The first kappa shape index (κ1) is 10.5. The van der Waals surface area contributed by atoms with Crippen LogP contribution in [-0.2, 0) is 0 Å². The van der Waals surface area contributed by atoms with Gasteiger partial charge in [-0.1, -0.05) is 12.1 Å². The average Bonchev–Trinajstić information content (AvgIpc) is 3.00. The van der Waals surface area contributed by atoms with Gasteiger partial charge >= 0.3 is 0 Å². The lowest BCUT2D eigenvalue weighted by atomic mass is 9.87. The molecule has 2 heterocycles. The van der Waals surface area contributed by atoms with E-state index < -0.39 is 0 Å². The Labute approximate surface area is 99.1 Å². The molecule has 1 fully saturated rings. The van der Waals surface area contributed by atoms with Crippen molar-refractivity contribution in [2.45, 2.75) is 11.8 Å². The third-order valence-corrected chi connectivity index (χ3v) is 3.43. The fourth-order valence-corrected chi connectivity index (χ4v) is 2.54. The van der Waals surface area contributed by atoms with E-state index in [1.54, 1.807) is 6.20 Å². The van der Waals surface area contributed by atoms with E-state index in [1.807, 2.05) is 18.2 Å². The Morgan fingerprint density at radius 2 is 1.82 bits per heavy atom. The quantitative estimate of drug-likeness (QED) is 0.830. The summed E-state index contributed by atoms with van der Waals surface area (Å²) in [5, 5.41) is 10.4. The second kappa shape index (κ2) is 4.30. The van der Waals surface area contributed by atoms with Crippen LogP contribution in [0, 0.1) is 5.82 Å². The molecular weight excluding hydrogens is 217 g/mol. The molecule has 0 radical (unpaired) electrons. The van der Waals surface area contributed by atoms with E-state index in [-0.39, 0.29) is 5.82 Å². The molecule has 88 valence electrons. The van der Waals surface area contributed by atoms with Gasteiger partial charge in [-0.25, -0.2) is 4.39 Å². The van der Waals surface area contributed by atoms with Gasteiger partial charge in [-0.3, -0.25) is 5.10 Å². The van der Waals surface area contributed by atoms with Crippen LogP contribution in [0.2, 0.25) is 0 Å². The van der Waals surface area contributed by atoms with E-state index in [1.165, 1.54) is 17.7 Å². The number of hydrogen-bond donors (Lipinski definition) is 2. The maximum atomic E-state index is 12.9. The summed E-state index contributed by atoms with van der Waals surface area (Å²) in [5.41, 5.74) is 2.32. The zero-order chi connectivity index (χ0) is 11.7. The molecule has 1 aromatic carbocycles. The Morgan fingerprint density at radius 3 is 2.53 bits per heavy atom. The second-order valence-electron chi connectivity index (χ2n) is 4.43. The van der Waals surface area contributed by atoms with Crippen LogP contribution in [0.3, 0.4) is 0 Å². The number of aromatic nitrogens is 2. The van der Waals surface area contributed by atoms with E-state index in [9.17, 15) is 4.39 Å². The van der Waals surface area contributed by atoms with Crippen molar-refractivity contribution in [1.29, 1.82) is 0 Å². The lowest BCUT2D eigenvalue weighted by Gasteiger charge is -2.17. The minimum Gasteiger partial charge on any atom is -0.315 e. The minimum absolute atomic E-state index is 0.183. The molecule has 0 spiro atoms. The van der Waals surface area contributed by atoms with Crippen molar-refractivity contribution in [1.82, 2.24) is 15.5 Å². The monoisotopic (exact) mass is 231 g/mol. The van der Waals surface area contributed by atoms with Crippen LogP contribution in [0.15, 0.2) is 36.5 Å². The van der Waals surface area contributed by atoms with E-state index in [4.69, 9.17) is 0 Å². The molecule has 3 rings (SSSR count). The summed E-state index contributed by atoms with van der Waals surface area (Å²) in [6.45, 7) is 1.86. The number of benzene rings is 1. The van der Waals surface area contributed by atoms with Gasteiger partial charge in [-0.05, 0) is 23.8 Å². The van der Waals surface area contributed by atoms with Gasteiger partial charge in [0.2, 0.25) is 0 Å². The van der Waals surface area contributed by atoms with Gasteiger partial charge in [-0.2, -0.15) is 5.10 Å². The molecule has 4 heteroatoms. The molecule has 1 aliphatic heterocycles. The highest BCUT2D eigenvalue weighted by Gasteiger charge is 2.30. The van der Waals surface area contributed by atoms with Crippen LogP contribution in [0.25, 0.3) is 0 Å². The lowest BCUT2D eigenvalue weighted by molar-refractivity contribution is 0.618. The molecule has 0 aliphatic carbocycles. The standard InChI is InChI=1S/C13H14FN3/c14-10-3-1-9(2-4-10)11-7-15-8-12(11)13-5-6-16-17-13/h1-6,11-12,15H,7-8H2,(H,16,17)/t11-,12-/m1/s1. The van der Waals surface area contributed by atoms with Crippen LogP contribution in [0.4, 0.5) is 4.39 Å².